The van der Waals surface area contributed by atoms with Gasteiger partial charge in [0.15, 0.2) is 0 Å². The first kappa shape index (κ1) is 11.5. The number of rotatable bonds is 3. The first-order valence-electron chi connectivity index (χ1n) is 4.87. The fraction of sp³-hybridized carbons (Fsp3) is 0.0769. The highest BCUT2D eigenvalue weighted by molar-refractivity contribution is 7.98. The SMILES string of the molecule is Fc1cc(Cl)ccc1CSc1ccccc1. The minimum Gasteiger partial charge on any atom is -0.207 e. The van der Waals surface area contributed by atoms with Gasteiger partial charge >= 0.3 is 0 Å². The van der Waals surface area contributed by atoms with Crippen molar-refractivity contribution in [3.8, 4) is 0 Å². The second-order valence-corrected chi connectivity index (χ2v) is 4.82. The molecule has 2 aromatic rings. The minimum absolute atomic E-state index is 0.240. The molecule has 2 aromatic carbocycles. The van der Waals surface area contributed by atoms with Crippen LogP contribution in [0.15, 0.2) is 53.4 Å². The Morgan fingerprint density at radius 2 is 1.81 bits per heavy atom. The molecule has 0 aliphatic rings. The van der Waals surface area contributed by atoms with Crippen molar-refractivity contribution in [2.45, 2.75) is 10.6 Å². The van der Waals surface area contributed by atoms with Crippen molar-refractivity contribution in [2.75, 3.05) is 0 Å². The molecule has 0 nitrogen and oxygen atoms in total. The van der Waals surface area contributed by atoms with Crippen molar-refractivity contribution >= 4 is 23.4 Å². The van der Waals surface area contributed by atoms with E-state index < -0.39 is 0 Å². The fourth-order valence-corrected chi connectivity index (χ4v) is 2.38. The Kier molecular flexibility index (Phi) is 3.86. The van der Waals surface area contributed by atoms with Crippen LogP contribution in [0, 0.1) is 5.82 Å². The summed E-state index contributed by atoms with van der Waals surface area (Å²) in [5.74, 6) is 0.378. The van der Waals surface area contributed by atoms with E-state index in [1.54, 1.807) is 23.9 Å². The Morgan fingerprint density at radius 3 is 2.50 bits per heavy atom. The average Bonchev–Trinajstić information content (AvgIpc) is 2.29. The van der Waals surface area contributed by atoms with E-state index >= 15 is 0 Å². The fourth-order valence-electron chi connectivity index (χ4n) is 1.32. The van der Waals surface area contributed by atoms with Crippen LogP contribution >= 0.6 is 23.4 Å². The smallest absolute Gasteiger partial charge is 0.128 e. The maximum atomic E-state index is 13.5. The van der Waals surface area contributed by atoms with Crippen molar-refractivity contribution in [1.29, 1.82) is 0 Å². The maximum Gasteiger partial charge on any atom is 0.128 e. The monoisotopic (exact) mass is 252 g/mol. The van der Waals surface area contributed by atoms with Gasteiger partial charge in [-0.1, -0.05) is 35.9 Å². The van der Waals surface area contributed by atoms with Gasteiger partial charge in [0, 0.05) is 15.7 Å². The lowest BCUT2D eigenvalue weighted by molar-refractivity contribution is 0.617. The van der Waals surface area contributed by atoms with Crippen LogP contribution in [0.5, 0.6) is 0 Å². The average molecular weight is 253 g/mol. The van der Waals surface area contributed by atoms with Crippen LogP contribution in [0.25, 0.3) is 0 Å². The van der Waals surface area contributed by atoms with E-state index in [9.17, 15) is 4.39 Å². The Bertz CT molecular complexity index is 471. The largest absolute Gasteiger partial charge is 0.207 e. The highest BCUT2D eigenvalue weighted by Gasteiger charge is 2.03. The molecule has 2 rings (SSSR count). The molecule has 0 aliphatic heterocycles. The quantitative estimate of drug-likeness (QED) is 0.709. The molecule has 0 saturated heterocycles. The summed E-state index contributed by atoms with van der Waals surface area (Å²) in [7, 11) is 0. The second kappa shape index (κ2) is 5.37. The molecule has 82 valence electrons. The summed E-state index contributed by atoms with van der Waals surface area (Å²) in [6.07, 6.45) is 0. The lowest BCUT2D eigenvalue weighted by Crippen LogP contribution is -1.87. The molecule has 0 N–H and O–H groups in total. The number of hydrogen-bond donors (Lipinski definition) is 0. The van der Waals surface area contributed by atoms with Crippen molar-refractivity contribution in [1.82, 2.24) is 0 Å². The molecule has 0 saturated carbocycles. The van der Waals surface area contributed by atoms with E-state index in [0.29, 0.717) is 16.3 Å². The number of thioether (sulfide) groups is 1. The van der Waals surface area contributed by atoms with Gasteiger partial charge in [-0.25, -0.2) is 4.39 Å². The highest BCUT2D eigenvalue weighted by atomic mass is 35.5. The summed E-state index contributed by atoms with van der Waals surface area (Å²) in [4.78, 5) is 1.14. The van der Waals surface area contributed by atoms with Crippen LogP contribution in [0.1, 0.15) is 5.56 Å². The molecular formula is C13H10ClFS. The second-order valence-electron chi connectivity index (χ2n) is 3.34. The molecule has 0 atom stereocenters. The van der Waals surface area contributed by atoms with E-state index in [-0.39, 0.29) is 5.82 Å². The Morgan fingerprint density at radius 1 is 1.06 bits per heavy atom. The predicted octanol–water partition coefficient (Wildman–Crippen LogP) is 4.77. The summed E-state index contributed by atoms with van der Waals surface area (Å²) in [5, 5.41) is 0.436. The highest BCUT2D eigenvalue weighted by Crippen LogP contribution is 2.24. The van der Waals surface area contributed by atoms with Crippen molar-refractivity contribution in [2.24, 2.45) is 0 Å². The van der Waals surface area contributed by atoms with E-state index in [1.165, 1.54) is 6.07 Å². The standard InChI is InChI=1S/C13H10ClFS/c14-11-7-6-10(13(15)8-11)9-16-12-4-2-1-3-5-12/h1-8H,9H2. The van der Waals surface area contributed by atoms with Gasteiger partial charge < -0.3 is 0 Å². The Hall–Kier alpha value is -0.990. The molecule has 0 aromatic heterocycles. The van der Waals surface area contributed by atoms with Gasteiger partial charge in [0.1, 0.15) is 5.82 Å². The van der Waals surface area contributed by atoms with Gasteiger partial charge in [-0.3, -0.25) is 0 Å². The topological polar surface area (TPSA) is 0 Å². The minimum atomic E-state index is -0.240. The molecular weight excluding hydrogens is 243 g/mol. The first-order valence-corrected chi connectivity index (χ1v) is 6.24. The Balaban J connectivity index is 2.05. The molecule has 0 fully saturated rings. The lowest BCUT2D eigenvalue weighted by atomic mass is 10.2. The third-order valence-corrected chi connectivity index (χ3v) is 3.45. The van der Waals surface area contributed by atoms with Crippen LogP contribution in [0.4, 0.5) is 4.39 Å². The van der Waals surface area contributed by atoms with Gasteiger partial charge in [0.25, 0.3) is 0 Å². The number of halogens is 2. The van der Waals surface area contributed by atoms with Crippen LogP contribution in [0.3, 0.4) is 0 Å². The lowest BCUT2D eigenvalue weighted by Gasteiger charge is -2.03. The summed E-state index contributed by atoms with van der Waals surface area (Å²) >= 11 is 7.30. The molecule has 0 heterocycles. The summed E-state index contributed by atoms with van der Waals surface area (Å²) in [5.41, 5.74) is 0.679. The van der Waals surface area contributed by atoms with E-state index in [1.807, 2.05) is 30.3 Å². The summed E-state index contributed by atoms with van der Waals surface area (Å²) < 4.78 is 13.5. The van der Waals surface area contributed by atoms with Crippen LogP contribution in [-0.2, 0) is 5.75 Å². The molecule has 0 unspecified atom stereocenters. The first-order chi connectivity index (χ1) is 7.75. The van der Waals surface area contributed by atoms with E-state index in [4.69, 9.17) is 11.6 Å². The molecule has 0 bridgehead atoms. The zero-order valence-corrected chi connectivity index (χ0v) is 10.1. The zero-order valence-electron chi connectivity index (χ0n) is 8.49. The van der Waals surface area contributed by atoms with Gasteiger partial charge in [-0.15, -0.1) is 11.8 Å². The molecule has 3 heteroatoms. The summed E-state index contributed by atoms with van der Waals surface area (Å²) in [6, 6.07) is 14.7. The normalized spacial score (nSPS) is 10.4. The third-order valence-electron chi connectivity index (χ3n) is 2.15. The molecule has 16 heavy (non-hydrogen) atoms. The van der Waals surface area contributed by atoms with Crippen molar-refractivity contribution in [3.63, 3.8) is 0 Å². The molecule has 0 amide bonds. The van der Waals surface area contributed by atoms with Gasteiger partial charge in [-0.05, 0) is 29.8 Å². The maximum absolute atomic E-state index is 13.5. The Labute approximate surface area is 103 Å². The van der Waals surface area contributed by atoms with E-state index in [2.05, 4.69) is 0 Å². The molecule has 0 aliphatic carbocycles. The number of benzene rings is 2. The molecule has 0 spiro atoms. The number of hydrogen-bond acceptors (Lipinski definition) is 1. The predicted molar refractivity (Wildman–Crippen MR) is 67.4 cm³/mol. The van der Waals surface area contributed by atoms with Crippen LogP contribution < -0.4 is 0 Å². The zero-order chi connectivity index (χ0) is 11.4. The molecule has 0 radical (unpaired) electrons. The third kappa shape index (κ3) is 3.00. The van der Waals surface area contributed by atoms with Crippen molar-refractivity contribution in [3.05, 3.63) is 64.9 Å². The van der Waals surface area contributed by atoms with Gasteiger partial charge in [-0.2, -0.15) is 0 Å². The summed E-state index contributed by atoms with van der Waals surface area (Å²) in [6.45, 7) is 0. The van der Waals surface area contributed by atoms with Crippen molar-refractivity contribution < 1.29 is 4.39 Å². The van der Waals surface area contributed by atoms with Gasteiger partial charge in [0.2, 0.25) is 0 Å². The van der Waals surface area contributed by atoms with Crippen LogP contribution in [0.2, 0.25) is 5.02 Å². The van der Waals surface area contributed by atoms with Gasteiger partial charge in [0.05, 0.1) is 0 Å². The van der Waals surface area contributed by atoms with Crippen LogP contribution in [-0.4, -0.2) is 0 Å². The van der Waals surface area contributed by atoms with E-state index in [0.717, 1.165) is 4.90 Å².